The molecule has 2 rings (SSSR count). The zero-order valence-corrected chi connectivity index (χ0v) is 12.5. The fraction of sp³-hybridized carbons (Fsp3) is 1.00. The smallest absolute Gasteiger partial charge is 0.0359 e. The van der Waals surface area contributed by atoms with Crippen molar-refractivity contribution in [2.24, 2.45) is 11.7 Å². The van der Waals surface area contributed by atoms with Crippen molar-refractivity contribution in [1.29, 1.82) is 0 Å². The summed E-state index contributed by atoms with van der Waals surface area (Å²) in [5, 5.41) is 0. The number of hydrogen-bond acceptors (Lipinski definition) is 3. The Balaban J connectivity index is 2.04. The summed E-state index contributed by atoms with van der Waals surface area (Å²) in [6.07, 6.45) is 5.32. The topological polar surface area (TPSA) is 32.5 Å². The summed E-state index contributed by atoms with van der Waals surface area (Å²) in [4.78, 5) is 5.35. The molecule has 0 radical (unpaired) electrons. The lowest BCUT2D eigenvalue weighted by molar-refractivity contribution is 0.0141. The van der Waals surface area contributed by atoms with E-state index < -0.39 is 0 Å². The molecule has 0 atom stereocenters. The van der Waals surface area contributed by atoms with Gasteiger partial charge in [-0.05, 0) is 51.2 Å². The van der Waals surface area contributed by atoms with E-state index in [1.165, 1.54) is 51.9 Å². The molecule has 3 heteroatoms. The van der Waals surface area contributed by atoms with Gasteiger partial charge in [-0.15, -0.1) is 0 Å². The number of piperidine rings is 1. The molecule has 106 valence electrons. The highest BCUT2D eigenvalue weighted by atomic mass is 15.3. The Labute approximate surface area is 113 Å². The van der Waals surface area contributed by atoms with Gasteiger partial charge in [-0.3, -0.25) is 4.90 Å². The number of nitrogens with zero attached hydrogens (tertiary/aromatic N) is 2. The molecule has 0 bridgehead atoms. The molecule has 1 aliphatic heterocycles. The van der Waals surface area contributed by atoms with Gasteiger partial charge in [-0.25, -0.2) is 0 Å². The van der Waals surface area contributed by atoms with Gasteiger partial charge in [0.25, 0.3) is 0 Å². The summed E-state index contributed by atoms with van der Waals surface area (Å²) in [7, 11) is 0. The summed E-state index contributed by atoms with van der Waals surface area (Å²) >= 11 is 0. The van der Waals surface area contributed by atoms with E-state index in [1.807, 2.05) is 0 Å². The lowest BCUT2D eigenvalue weighted by Gasteiger charge is -2.49. The minimum Gasteiger partial charge on any atom is -0.329 e. The quantitative estimate of drug-likeness (QED) is 0.785. The van der Waals surface area contributed by atoms with Crippen molar-refractivity contribution in [3.05, 3.63) is 0 Å². The van der Waals surface area contributed by atoms with Crippen molar-refractivity contribution in [2.75, 3.05) is 32.7 Å². The molecule has 0 unspecified atom stereocenters. The van der Waals surface area contributed by atoms with E-state index in [2.05, 4.69) is 30.6 Å². The minimum absolute atomic E-state index is 0.303. The van der Waals surface area contributed by atoms with Crippen molar-refractivity contribution in [3.8, 4) is 0 Å². The van der Waals surface area contributed by atoms with Gasteiger partial charge in [0, 0.05) is 24.7 Å². The molecule has 0 aromatic heterocycles. The Morgan fingerprint density at radius 2 is 1.89 bits per heavy atom. The zero-order valence-electron chi connectivity index (χ0n) is 12.5. The third-order valence-electron chi connectivity index (χ3n) is 4.77. The van der Waals surface area contributed by atoms with Crippen LogP contribution in [-0.4, -0.2) is 54.1 Å². The summed E-state index contributed by atoms with van der Waals surface area (Å²) in [5.41, 5.74) is 6.51. The first-order valence-corrected chi connectivity index (χ1v) is 7.80. The predicted octanol–water partition coefficient (Wildman–Crippen LogP) is 1.92. The molecule has 2 fully saturated rings. The van der Waals surface area contributed by atoms with E-state index in [1.54, 1.807) is 0 Å². The Hall–Kier alpha value is -0.120. The monoisotopic (exact) mass is 253 g/mol. The number of likely N-dealkylation sites (tertiary alicyclic amines) is 1. The van der Waals surface area contributed by atoms with E-state index >= 15 is 0 Å². The second-order valence-corrected chi connectivity index (χ2v) is 6.64. The molecule has 3 nitrogen and oxygen atoms in total. The first kappa shape index (κ1) is 14.3. The third kappa shape index (κ3) is 3.06. The van der Waals surface area contributed by atoms with E-state index in [0.29, 0.717) is 5.54 Å². The van der Waals surface area contributed by atoms with Gasteiger partial charge in [-0.2, -0.15) is 0 Å². The van der Waals surface area contributed by atoms with Gasteiger partial charge in [-0.1, -0.05) is 20.8 Å². The summed E-state index contributed by atoms with van der Waals surface area (Å²) in [6.45, 7) is 12.7. The lowest BCUT2D eigenvalue weighted by atomic mass is 9.84. The van der Waals surface area contributed by atoms with Crippen molar-refractivity contribution in [1.82, 2.24) is 9.80 Å². The molecular weight excluding hydrogens is 222 g/mol. The van der Waals surface area contributed by atoms with Crippen molar-refractivity contribution in [3.63, 3.8) is 0 Å². The second-order valence-electron chi connectivity index (χ2n) is 6.64. The molecule has 2 N–H and O–H groups in total. The molecule has 1 saturated carbocycles. The second kappa shape index (κ2) is 5.89. The van der Waals surface area contributed by atoms with Crippen LogP contribution in [0.25, 0.3) is 0 Å². The SMILES string of the molecule is CCN1CCC(CN)(N(CC(C)C)C2CC2)CC1. The van der Waals surface area contributed by atoms with Crippen LogP contribution < -0.4 is 5.73 Å². The molecule has 0 aromatic carbocycles. The van der Waals surface area contributed by atoms with Crippen molar-refractivity contribution in [2.45, 2.75) is 58.0 Å². The molecule has 0 amide bonds. The predicted molar refractivity (Wildman–Crippen MR) is 77.7 cm³/mol. The standard InChI is InChI=1S/C15H31N3/c1-4-17-9-7-15(12-16,8-10-17)18(11-13(2)3)14-5-6-14/h13-14H,4-12,16H2,1-3H3. The van der Waals surface area contributed by atoms with Crippen LogP contribution in [-0.2, 0) is 0 Å². The van der Waals surface area contributed by atoms with Crippen molar-refractivity contribution < 1.29 is 0 Å². The molecule has 0 spiro atoms. The largest absolute Gasteiger partial charge is 0.329 e. The zero-order chi connectivity index (χ0) is 13.2. The van der Waals surface area contributed by atoms with Crippen LogP contribution >= 0.6 is 0 Å². The normalized spacial score (nSPS) is 25.0. The van der Waals surface area contributed by atoms with Gasteiger partial charge < -0.3 is 10.6 Å². The maximum Gasteiger partial charge on any atom is 0.0359 e. The van der Waals surface area contributed by atoms with E-state index in [4.69, 9.17) is 5.73 Å². The molecule has 1 aliphatic carbocycles. The highest BCUT2D eigenvalue weighted by Gasteiger charge is 2.44. The van der Waals surface area contributed by atoms with E-state index in [-0.39, 0.29) is 0 Å². The van der Waals surface area contributed by atoms with Gasteiger partial charge in [0.15, 0.2) is 0 Å². The fourth-order valence-electron chi connectivity index (χ4n) is 3.40. The third-order valence-corrected chi connectivity index (χ3v) is 4.77. The Bertz CT molecular complexity index is 252. The van der Waals surface area contributed by atoms with Gasteiger partial charge in [0.2, 0.25) is 0 Å². The van der Waals surface area contributed by atoms with E-state index in [9.17, 15) is 0 Å². The van der Waals surface area contributed by atoms with Gasteiger partial charge in [0.1, 0.15) is 0 Å². The molecule has 0 aromatic rings. The fourth-order valence-corrected chi connectivity index (χ4v) is 3.40. The van der Waals surface area contributed by atoms with Crippen LogP contribution in [0, 0.1) is 5.92 Å². The maximum atomic E-state index is 6.21. The summed E-state index contributed by atoms with van der Waals surface area (Å²) in [5.74, 6) is 0.748. The van der Waals surface area contributed by atoms with Crippen LogP contribution in [0.5, 0.6) is 0 Å². The molecular formula is C15H31N3. The number of nitrogens with two attached hydrogens (primary N) is 1. The van der Waals surface area contributed by atoms with Crippen LogP contribution in [0.2, 0.25) is 0 Å². The number of rotatable bonds is 6. The van der Waals surface area contributed by atoms with Crippen LogP contribution in [0.1, 0.15) is 46.5 Å². The Kier molecular flexibility index (Phi) is 4.68. The Morgan fingerprint density at radius 1 is 1.28 bits per heavy atom. The lowest BCUT2D eigenvalue weighted by Crippen LogP contribution is -2.60. The molecule has 2 aliphatic rings. The average Bonchev–Trinajstić information content (AvgIpc) is 3.20. The van der Waals surface area contributed by atoms with Crippen molar-refractivity contribution >= 4 is 0 Å². The first-order valence-electron chi connectivity index (χ1n) is 7.80. The van der Waals surface area contributed by atoms with Crippen LogP contribution in [0.3, 0.4) is 0 Å². The minimum atomic E-state index is 0.303. The summed E-state index contributed by atoms with van der Waals surface area (Å²) in [6, 6.07) is 0.837. The average molecular weight is 253 g/mol. The summed E-state index contributed by atoms with van der Waals surface area (Å²) < 4.78 is 0. The first-order chi connectivity index (χ1) is 8.61. The molecule has 18 heavy (non-hydrogen) atoms. The molecule has 1 heterocycles. The van der Waals surface area contributed by atoms with E-state index in [0.717, 1.165) is 18.5 Å². The van der Waals surface area contributed by atoms with Gasteiger partial charge in [0.05, 0.1) is 0 Å². The Morgan fingerprint density at radius 3 is 2.28 bits per heavy atom. The van der Waals surface area contributed by atoms with Crippen LogP contribution in [0.15, 0.2) is 0 Å². The maximum absolute atomic E-state index is 6.21. The number of hydrogen-bond donors (Lipinski definition) is 1. The van der Waals surface area contributed by atoms with Crippen LogP contribution in [0.4, 0.5) is 0 Å². The highest BCUT2D eigenvalue weighted by molar-refractivity contribution is 5.02. The molecule has 1 saturated heterocycles. The highest BCUT2D eigenvalue weighted by Crippen LogP contribution is 2.38. The van der Waals surface area contributed by atoms with Gasteiger partial charge >= 0.3 is 0 Å².